The van der Waals surface area contributed by atoms with E-state index in [9.17, 15) is 4.79 Å². The number of aromatic nitrogens is 1. The predicted molar refractivity (Wildman–Crippen MR) is 129 cm³/mol. The zero-order chi connectivity index (χ0) is 21.5. The first-order chi connectivity index (χ1) is 15.2. The second-order valence-electron chi connectivity index (χ2n) is 8.56. The highest BCUT2D eigenvalue weighted by Gasteiger charge is 2.21. The Kier molecular flexibility index (Phi) is 7.21. The summed E-state index contributed by atoms with van der Waals surface area (Å²) < 4.78 is 0. The predicted octanol–water partition coefficient (Wildman–Crippen LogP) is 5.30. The van der Waals surface area contributed by atoms with Crippen LogP contribution in [0.1, 0.15) is 48.8 Å². The van der Waals surface area contributed by atoms with Crippen LogP contribution in [0.2, 0.25) is 0 Å². The fourth-order valence-electron chi connectivity index (χ4n) is 4.66. The fourth-order valence-corrected chi connectivity index (χ4v) is 4.66. The Balaban J connectivity index is 1.45. The molecule has 1 fully saturated rings. The molecule has 4 rings (SSSR count). The molecule has 0 aliphatic heterocycles. The number of carbonyl (C=O) groups is 1. The first-order valence-electron chi connectivity index (χ1n) is 11.5. The summed E-state index contributed by atoms with van der Waals surface area (Å²) in [6, 6.07) is 17.9. The fraction of sp³-hybridized carbons (Fsp3) is 0.370. The molecule has 1 aliphatic carbocycles. The van der Waals surface area contributed by atoms with Gasteiger partial charge in [0.05, 0.1) is 0 Å². The lowest BCUT2D eigenvalue weighted by atomic mass is 9.93. The lowest BCUT2D eigenvalue weighted by Crippen LogP contribution is -2.37. The van der Waals surface area contributed by atoms with Crippen LogP contribution in [0.15, 0.2) is 60.8 Å². The van der Waals surface area contributed by atoms with Crippen molar-refractivity contribution in [2.75, 3.05) is 13.6 Å². The van der Waals surface area contributed by atoms with Gasteiger partial charge in [0.25, 0.3) is 0 Å². The van der Waals surface area contributed by atoms with Crippen LogP contribution in [0.4, 0.5) is 0 Å². The van der Waals surface area contributed by atoms with E-state index in [1.165, 1.54) is 54.1 Å². The second kappa shape index (κ2) is 10.5. The minimum Gasteiger partial charge on any atom is -0.361 e. The molecule has 0 saturated heterocycles. The molecule has 0 unspecified atom stereocenters. The van der Waals surface area contributed by atoms with Crippen LogP contribution in [0, 0.1) is 0 Å². The van der Waals surface area contributed by atoms with Crippen LogP contribution in [0.3, 0.4) is 0 Å². The van der Waals surface area contributed by atoms with E-state index >= 15 is 0 Å². The summed E-state index contributed by atoms with van der Waals surface area (Å²) in [5, 5.41) is 3.96. The van der Waals surface area contributed by atoms with Gasteiger partial charge in [-0.3, -0.25) is 9.69 Å². The minimum atomic E-state index is -0.0789. The molecule has 0 bridgehead atoms. The van der Waals surface area contributed by atoms with E-state index in [4.69, 9.17) is 0 Å². The number of carbonyl (C=O) groups excluding carboxylic acids is 1. The number of benzene rings is 2. The van der Waals surface area contributed by atoms with E-state index in [2.05, 4.69) is 69.9 Å². The largest absolute Gasteiger partial charge is 0.361 e. The van der Waals surface area contributed by atoms with Crippen molar-refractivity contribution < 1.29 is 4.79 Å². The number of rotatable bonds is 8. The van der Waals surface area contributed by atoms with Crippen molar-refractivity contribution in [3.8, 4) is 0 Å². The first kappa shape index (κ1) is 21.4. The second-order valence-corrected chi connectivity index (χ2v) is 8.56. The van der Waals surface area contributed by atoms with Crippen molar-refractivity contribution in [1.29, 1.82) is 0 Å². The third kappa shape index (κ3) is 5.65. The molecule has 2 N–H and O–H groups in total. The molecule has 1 heterocycles. The van der Waals surface area contributed by atoms with Crippen molar-refractivity contribution in [1.82, 2.24) is 15.2 Å². The van der Waals surface area contributed by atoms with Gasteiger partial charge in [0.15, 0.2) is 0 Å². The Hall–Kier alpha value is -2.85. The number of para-hydroxylation sites is 1. The molecule has 4 heteroatoms. The molecule has 1 aromatic heterocycles. The van der Waals surface area contributed by atoms with E-state index in [-0.39, 0.29) is 5.91 Å². The lowest BCUT2D eigenvalue weighted by Gasteiger charge is -2.34. The summed E-state index contributed by atoms with van der Waals surface area (Å²) in [4.78, 5) is 17.5. The molecule has 31 heavy (non-hydrogen) atoms. The number of nitrogens with one attached hydrogen (secondary N) is 2. The monoisotopic (exact) mass is 415 g/mol. The smallest absolute Gasteiger partial charge is 0.243 e. The van der Waals surface area contributed by atoms with Crippen LogP contribution >= 0.6 is 0 Å². The average Bonchev–Trinajstić information content (AvgIpc) is 3.24. The number of aromatic amines is 1. The third-order valence-electron chi connectivity index (χ3n) is 6.47. The summed E-state index contributed by atoms with van der Waals surface area (Å²) in [6.07, 6.45) is 13.4. The molecule has 0 atom stereocenters. The van der Waals surface area contributed by atoms with Gasteiger partial charge in [-0.2, -0.15) is 0 Å². The molecular weight excluding hydrogens is 382 g/mol. The highest BCUT2D eigenvalue weighted by Crippen LogP contribution is 2.26. The summed E-state index contributed by atoms with van der Waals surface area (Å²) in [5.41, 5.74) is 5.02. The van der Waals surface area contributed by atoms with Gasteiger partial charge in [-0.25, -0.2) is 0 Å². The number of fused-ring (bicyclic) bond motifs is 1. The van der Waals surface area contributed by atoms with Gasteiger partial charge in [-0.15, -0.1) is 0 Å². The van der Waals surface area contributed by atoms with E-state index in [1.807, 2.05) is 6.08 Å². The van der Waals surface area contributed by atoms with Crippen LogP contribution in [0.25, 0.3) is 17.0 Å². The third-order valence-corrected chi connectivity index (χ3v) is 6.47. The number of hydrogen-bond acceptors (Lipinski definition) is 2. The average molecular weight is 416 g/mol. The maximum Gasteiger partial charge on any atom is 0.243 e. The van der Waals surface area contributed by atoms with Crippen LogP contribution in [-0.4, -0.2) is 35.4 Å². The molecule has 0 radical (unpaired) electrons. The number of nitrogens with zero attached hydrogens (tertiary/aromatic N) is 1. The zero-order valence-corrected chi connectivity index (χ0v) is 18.4. The maximum absolute atomic E-state index is 11.4. The van der Waals surface area contributed by atoms with Gasteiger partial charge in [0.1, 0.15) is 0 Å². The van der Waals surface area contributed by atoms with E-state index in [0.29, 0.717) is 6.04 Å². The van der Waals surface area contributed by atoms with Crippen LogP contribution < -0.4 is 5.32 Å². The first-order valence-corrected chi connectivity index (χ1v) is 11.5. The quantitative estimate of drug-likeness (QED) is 0.490. The molecule has 162 valence electrons. The molecule has 2 aromatic carbocycles. The minimum absolute atomic E-state index is 0.0789. The van der Waals surface area contributed by atoms with Crippen molar-refractivity contribution in [3.05, 3.63) is 77.5 Å². The molecule has 1 amide bonds. The number of likely N-dealkylation sites (N-methyl/N-ethyl adjacent to an activating group) is 1. The van der Waals surface area contributed by atoms with Crippen LogP contribution in [0.5, 0.6) is 0 Å². The number of H-pyrrole nitrogens is 1. The summed E-state index contributed by atoms with van der Waals surface area (Å²) in [7, 11) is 1.64. The topological polar surface area (TPSA) is 48.1 Å². The SMILES string of the molecule is CNC(=O)/C=C/c1ccc(CN(CCc2c[nH]c3ccccc23)C2CCCCC2)cc1. The maximum atomic E-state index is 11.4. The Bertz CT molecular complexity index is 1010. The Labute approximate surface area is 185 Å². The summed E-state index contributed by atoms with van der Waals surface area (Å²) >= 11 is 0. The van der Waals surface area contributed by atoms with Gasteiger partial charge in [0, 0.05) is 49.4 Å². The normalized spacial score (nSPS) is 15.2. The molecule has 1 saturated carbocycles. The zero-order valence-electron chi connectivity index (χ0n) is 18.4. The highest BCUT2D eigenvalue weighted by atomic mass is 16.1. The summed E-state index contributed by atoms with van der Waals surface area (Å²) in [6.45, 7) is 2.05. The lowest BCUT2D eigenvalue weighted by molar-refractivity contribution is -0.115. The van der Waals surface area contributed by atoms with Gasteiger partial charge in [0.2, 0.25) is 5.91 Å². The van der Waals surface area contributed by atoms with Crippen molar-refractivity contribution in [2.45, 2.75) is 51.1 Å². The molecule has 4 nitrogen and oxygen atoms in total. The van der Waals surface area contributed by atoms with Crippen molar-refractivity contribution in [3.63, 3.8) is 0 Å². The number of hydrogen-bond donors (Lipinski definition) is 2. The van der Waals surface area contributed by atoms with Crippen molar-refractivity contribution in [2.24, 2.45) is 0 Å². The van der Waals surface area contributed by atoms with E-state index < -0.39 is 0 Å². The standard InChI is InChI=1S/C27H33N3O/c1-28-27(31)16-15-21-11-13-22(14-12-21)20-30(24-7-3-2-4-8-24)18-17-23-19-29-26-10-6-5-9-25(23)26/h5-6,9-16,19,24,29H,2-4,7-8,17-18,20H2,1H3,(H,28,31)/b16-15+. The molecular formula is C27H33N3O. The Morgan fingerprint density at radius 2 is 1.87 bits per heavy atom. The summed E-state index contributed by atoms with van der Waals surface area (Å²) in [5.74, 6) is -0.0789. The molecule has 3 aromatic rings. The van der Waals surface area contributed by atoms with Crippen molar-refractivity contribution >= 4 is 22.9 Å². The van der Waals surface area contributed by atoms with E-state index in [1.54, 1.807) is 13.1 Å². The van der Waals surface area contributed by atoms with E-state index in [0.717, 1.165) is 25.1 Å². The van der Waals surface area contributed by atoms with Gasteiger partial charge in [-0.1, -0.05) is 61.7 Å². The van der Waals surface area contributed by atoms with Gasteiger partial charge >= 0.3 is 0 Å². The molecule has 1 aliphatic rings. The molecule has 0 spiro atoms. The highest BCUT2D eigenvalue weighted by molar-refractivity contribution is 5.91. The Morgan fingerprint density at radius 3 is 2.65 bits per heavy atom. The van der Waals surface area contributed by atoms with Crippen LogP contribution in [-0.2, 0) is 17.8 Å². The number of amides is 1. The van der Waals surface area contributed by atoms with Gasteiger partial charge in [-0.05, 0) is 48.1 Å². The Morgan fingerprint density at radius 1 is 1.10 bits per heavy atom. The van der Waals surface area contributed by atoms with Gasteiger partial charge < -0.3 is 10.3 Å².